The minimum atomic E-state index is -1.13. The van der Waals surface area contributed by atoms with Crippen LogP contribution in [-0.4, -0.2) is 29.1 Å². The highest BCUT2D eigenvalue weighted by Gasteiger charge is 2.20. The van der Waals surface area contributed by atoms with E-state index in [1.807, 2.05) is 6.92 Å². The summed E-state index contributed by atoms with van der Waals surface area (Å²) in [7, 11) is 0. The minimum absolute atomic E-state index is 0.347. The number of amides is 1. The van der Waals surface area contributed by atoms with Crippen molar-refractivity contribution in [2.24, 2.45) is 0 Å². The smallest absolute Gasteiger partial charge is 0.339 e. The number of carboxylic acids is 1. The predicted molar refractivity (Wildman–Crippen MR) is 87.3 cm³/mol. The maximum absolute atomic E-state index is 11.9. The van der Waals surface area contributed by atoms with E-state index in [2.05, 4.69) is 5.32 Å². The van der Waals surface area contributed by atoms with E-state index in [1.165, 1.54) is 19.9 Å². The van der Waals surface area contributed by atoms with Crippen molar-refractivity contribution in [3.05, 3.63) is 39.7 Å². The number of nitrogens with one attached hydrogen (secondary N) is 1. The number of rotatable bonds is 5. The Kier molecular flexibility index (Phi) is 4.92. The summed E-state index contributed by atoms with van der Waals surface area (Å²) in [5.41, 5.74) is 1.32. The average molecular weight is 333 g/mol. The van der Waals surface area contributed by atoms with Crippen molar-refractivity contribution >= 4 is 22.8 Å². The van der Waals surface area contributed by atoms with Crippen LogP contribution >= 0.6 is 0 Å². The van der Waals surface area contributed by atoms with Crippen molar-refractivity contribution < 1.29 is 23.8 Å². The average Bonchev–Trinajstić information content (AvgIpc) is 2.52. The molecule has 7 heteroatoms. The minimum Gasteiger partial charge on any atom is -0.481 e. The molecule has 1 heterocycles. The Labute approximate surface area is 138 Å². The second kappa shape index (κ2) is 6.74. The predicted octanol–water partition coefficient (Wildman–Crippen LogP) is 1.77. The normalized spacial score (nSPS) is 13.3. The standard InChI is InChI=1S/C17H19NO6/c1-8-9(2)17(22)24-14-7-12(5-6-13(8)14)23-11(4)15(19)18-10(3)16(20)21/h5-7,10-11H,1-4H3,(H,18,19)(H,20,21)/t10-,11-/m0/s1. The molecule has 0 saturated carbocycles. The maximum atomic E-state index is 11.9. The Hall–Kier alpha value is -2.83. The van der Waals surface area contributed by atoms with Gasteiger partial charge in [0, 0.05) is 17.0 Å². The van der Waals surface area contributed by atoms with Gasteiger partial charge in [-0.25, -0.2) is 4.79 Å². The van der Waals surface area contributed by atoms with E-state index in [9.17, 15) is 14.4 Å². The van der Waals surface area contributed by atoms with Gasteiger partial charge in [0.1, 0.15) is 17.4 Å². The zero-order valence-electron chi connectivity index (χ0n) is 13.9. The molecule has 0 aliphatic rings. The quantitative estimate of drug-likeness (QED) is 0.808. The third-order valence-corrected chi connectivity index (χ3v) is 3.84. The number of carbonyl (C=O) groups is 2. The number of ether oxygens (including phenoxy) is 1. The second-order valence-corrected chi connectivity index (χ2v) is 5.63. The Morgan fingerprint density at radius 1 is 1.21 bits per heavy atom. The number of aryl methyl sites for hydroxylation is 1. The molecule has 2 N–H and O–H groups in total. The van der Waals surface area contributed by atoms with E-state index in [0.717, 1.165) is 10.9 Å². The van der Waals surface area contributed by atoms with Crippen LogP contribution in [0.4, 0.5) is 0 Å². The molecule has 0 aliphatic carbocycles. The van der Waals surface area contributed by atoms with Gasteiger partial charge in [0.15, 0.2) is 6.10 Å². The van der Waals surface area contributed by atoms with Gasteiger partial charge in [0.25, 0.3) is 5.91 Å². The third-order valence-electron chi connectivity index (χ3n) is 3.84. The van der Waals surface area contributed by atoms with Crippen LogP contribution in [0.5, 0.6) is 5.75 Å². The highest BCUT2D eigenvalue weighted by molar-refractivity contribution is 5.86. The van der Waals surface area contributed by atoms with Gasteiger partial charge < -0.3 is 19.6 Å². The van der Waals surface area contributed by atoms with E-state index < -0.39 is 29.6 Å². The first-order valence-corrected chi connectivity index (χ1v) is 7.44. The van der Waals surface area contributed by atoms with E-state index in [0.29, 0.717) is 16.9 Å². The number of benzene rings is 1. The van der Waals surface area contributed by atoms with Gasteiger partial charge in [-0.15, -0.1) is 0 Å². The molecule has 128 valence electrons. The van der Waals surface area contributed by atoms with Crippen LogP contribution in [0.15, 0.2) is 27.4 Å². The molecule has 1 aromatic heterocycles. The molecule has 2 aromatic rings. The van der Waals surface area contributed by atoms with E-state index in [-0.39, 0.29) is 0 Å². The highest BCUT2D eigenvalue weighted by Crippen LogP contribution is 2.24. The van der Waals surface area contributed by atoms with Crippen molar-refractivity contribution in [2.45, 2.75) is 39.8 Å². The van der Waals surface area contributed by atoms with Crippen LogP contribution in [0.25, 0.3) is 11.0 Å². The van der Waals surface area contributed by atoms with Gasteiger partial charge in [0.2, 0.25) is 0 Å². The first kappa shape index (κ1) is 17.5. The number of hydrogen-bond acceptors (Lipinski definition) is 5. The molecule has 0 aliphatic heterocycles. The molecule has 24 heavy (non-hydrogen) atoms. The summed E-state index contributed by atoms with van der Waals surface area (Å²) in [6.45, 7) is 6.40. The molecule has 0 radical (unpaired) electrons. The zero-order valence-corrected chi connectivity index (χ0v) is 13.9. The molecule has 2 rings (SSSR count). The van der Waals surface area contributed by atoms with Gasteiger partial charge in [-0.3, -0.25) is 9.59 Å². The van der Waals surface area contributed by atoms with Gasteiger partial charge in [-0.2, -0.15) is 0 Å². The van der Waals surface area contributed by atoms with Crippen LogP contribution in [-0.2, 0) is 9.59 Å². The molecule has 0 spiro atoms. The van der Waals surface area contributed by atoms with Crippen molar-refractivity contribution in [1.29, 1.82) is 0 Å². The maximum Gasteiger partial charge on any atom is 0.339 e. The Balaban J connectivity index is 2.21. The van der Waals surface area contributed by atoms with Crippen LogP contribution < -0.4 is 15.7 Å². The third kappa shape index (κ3) is 3.56. The van der Waals surface area contributed by atoms with Crippen LogP contribution in [0.3, 0.4) is 0 Å². The molecule has 1 amide bonds. The molecule has 0 bridgehead atoms. The lowest BCUT2D eigenvalue weighted by Crippen LogP contribution is -2.44. The molecule has 1 aromatic carbocycles. The first-order valence-electron chi connectivity index (χ1n) is 7.44. The van der Waals surface area contributed by atoms with Gasteiger partial charge in [-0.1, -0.05) is 0 Å². The van der Waals surface area contributed by atoms with Crippen LogP contribution in [0.2, 0.25) is 0 Å². The van der Waals surface area contributed by atoms with Crippen LogP contribution in [0, 0.1) is 13.8 Å². The Morgan fingerprint density at radius 3 is 2.50 bits per heavy atom. The van der Waals surface area contributed by atoms with Crippen molar-refractivity contribution in [1.82, 2.24) is 5.32 Å². The van der Waals surface area contributed by atoms with Crippen LogP contribution in [0.1, 0.15) is 25.0 Å². The Bertz CT molecular complexity index is 854. The van der Waals surface area contributed by atoms with Crippen molar-refractivity contribution in [3.63, 3.8) is 0 Å². The number of hydrogen-bond donors (Lipinski definition) is 2. The van der Waals surface area contributed by atoms with E-state index in [1.54, 1.807) is 19.1 Å². The zero-order chi connectivity index (χ0) is 18.0. The number of aliphatic carboxylic acids is 1. The fourth-order valence-corrected chi connectivity index (χ4v) is 2.15. The lowest BCUT2D eigenvalue weighted by Gasteiger charge is -2.17. The van der Waals surface area contributed by atoms with E-state index in [4.69, 9.17) is 14.3 Å². The summed E-state index contributed by atoms with van der Waals surface area (Å²) in [4.78, 5) is 34.4. The van der Waals surface area contributed by atoms with Crippen molar-refractivity contribution in [2.75, 3.05) is 0 Å². The number of carbonyl (C=O) groups excluding carboxylic acids is 1. The molecule has 2 atom stereocenters. The number of carboxylic acid groups (broad SMARTS) is 1. The van der Waals surface area contributed by atoms with E-state index >= 15 is 0 Å². The summed E-state index contributed by atoms with van der Waals surface area (Å²) >= 11 is 0. The lowest BCUT2D eigenvalue weighted by molar-refractivity contribution is -0.142. The lowest BCUT2D eigenvalue weighted by atomic mass is 10.1. The highest BCUT2D eigenvalue weighted by atomic mass is 16.5. The topological polar surface area (TPSA) is 106 Å². The van der Waals surface area contributed by atoms with Gasteiger partial charge >= 0.3 is 11.6 Å². The SMILES string of the molecule is Cc1c(C)c2ccc(O[C@@H](C)C(=O)N[C@@H](C)C(=O)O)cc2oc1=O. The molecule has 0 unspecified atom stereocenters. The summed E-state index contributed by atoms with van der Waals surface area (Å²) in [6, 6.07) is 3.94. The second-order valence-electron chi connectivity index (χ2n) is 5.63. The Morgan fingerprint density at radius 2 is 1.88 bits per heavy atom. The molecule has 0 saturated heterocycles. The van der Waals surface area contributed by atoms with Gasteiger partial charge in [-0.05, 0) is 45.4 Å². The molecular formula is C17H19NO6. The number of fused-ring (bicyclic) bond motifs is 1. The molecular weight excluding hydrogens is 314 g/mol. The fourth-order valence-electron chi connectivity index (χ4n) is 2.15. The summed E-state index contributed by atoms with van der Waals surface area (Å²) in [5.74, 6) is -1.33. The summed E-state index contributed by atoms with van der Waals surface area (Å²) in [5, 5.41) is 11.9. The largest absolute Gasteiger partial charge is 0.481 e. The summed E-state index contributed by atoms with van der Waals surface area (Å²) in [6.07, 6.45) is -0.900. The fraction of sp³-hybridized carbons (Fsp3) is 0.353. The monoisotopic (exact) mass is 333 g/mol. The summed E-state index contributed by atoms with van der Waals surface area (Å²) < 4.78 is 10.7. The molecule has 7 nitrogen and oxygen atoms in total. The van der Waals surface area contributed by atoms with Gasteiger partial charge in [0.05, 0.1) is 0 Å². The van der Waals surface area contributed by atoms with Crippen molar-refractivity contribution in [3.8, 4) is 5.75 Å². The molecule has 0 fully saturated rings. The first-order chi connectivity index (χ1) is 11.2.